The van der Waals surface area contributed by atoms with Gasteiger partial charge in [-0.2, -0.15) is 0 Å². The molecule has 0 bridgehead atoms. The lowest BCUT2D eigenvalue weighted by atomic mass is 9.94. The summed E-state index contributed by atoms with van der Waals surface area (Å²) in [5, 5.41) is 0. The van der Waals surface area contributed by atoms with Gasteiger partial charge in [0.2, 0.25) is 0 Å². The Morgan fingerprint density at radius 3 is 2.58 bits per heavy atom. The highest BCUT2D eigenvalue weighted by molar-refractivity contribution is 5.96. The smallest absolute Gasteiger partial charge is 0.164 e. The van der Waals surface area contributed by atoms with Crippen LogP contribution < -0.4 is 0 Å². The van der Waals surface area contributed by atoms with Crippen molar-refractivity contribution in [1.29, 1.82) is 0 Å². The normalized spacial score (nSPS) is 24.4. The van der Waals surface area contributed by atoms with Crippen LogP contribution in [0.4, 0.5) is 0 Å². The van der Waals surface area contributed by atoms with Gasteiger partial charge in [-0.25, -0.2) is 0 Å². The summed E-state index contributed by atoms with van der Waals surface area (Å²) >= 11 is 0. The van der Waals surface area contributed by atoms with E-state index in [-0.39, 0.29) is 5.78 Å². The van der Waals surface area contributed by atoms with Crippen LogP contribution >= 0.6 is 0 Å². The van der Waals surface area contributed by atoms with Crippen molar-refractivity contribution >= 4 is 5.78 Å². The topological polar surface area (TPSA) is 20.3 Å². The Hall–Kier alpha value is -1.15. The molecule has 2 unspecified atom stereocenters. The minimum Gasteiger partial charge on any atom is -0.300 e. The molecule has 2 atom stereocenters. The second-order valence-corrected chi connectivity index (χ2v) is 6.07. The van der Waals surface area contributed by atoms with E-state index in [0.29, 0.717) is 12.5 Å². The molecule has 1 heterocycles. The third-order valence-corrected chi connectivity index (χ3v) is 4.25. The van der Waals surface area contributed by atoms with E-state index in [9.17, 15) is 4.79 Å². The fourth-order valence-corrected chi connectivity index (χ4v) is 2.82. The molecule has 1 aliphatic rings. The zero-order valence-electron chi connectivity index (χ0n) is 12.4. The molecular formula is C17H25NO. The van der Waals surface area contributed by atoms with E-state index in [1.807, 2.05) is 31.2 Å². The minimum absolute atomic E-state index is 0.269. The molecular weight excluding hydrogens is 234 g/mol. The van der Waals surface area contributed by atoms with E-state index in [1.165, 1.54) is 18.4 Å². The first-order valence-electron chi connectivity index (χ1n) is 7.40. The molecule has 1 fully saturated rings. The monoisotopic (exact) mass is 259 g/mol. The summed E-state index contributed by atoms with van der Waals surface area (Å²) in [6, 6.07) is 8.54. The van der Waals surface area contributed by atoms with Crippen LogP contribution in [-0.4, -0.2) is 29.8 Å². The van der Waals surface area contributed by atoms with Gasteiger partial charge in [0.1, 0.15) is 0 Å². The molecule has 1 aliphatic heterocycles. The van der Waals surface area contributed by atoms with Gasteiger partial charge in [0.25, 0.3) is 0 Å². The molecule has 0 aromatic heterocycles. The van der Waals surface area contributed by atoms with Crippen LogP contribution in [0.3, 0.4) is 0 Å². The van der Waals surface area contributed by atoms with E-state index in [0.717, 1.165) is 24.6 Å². The second-order valence-electron chi connectivity index (χ2n) is 6.07. The zero-order valence-corrected chi connectivity index (χ0v) is 12.4. The molecule has 0 saturated carbocycles. The minimum atomic E-state index is 0.269. The molecule has 2 rings (SSSR count). The molecule has 0 aliphatic carbocycles. The van der Waals surface area contributed by atoms with E-state index in [2.05, 4.69) is 18.7 Å². The van der Waals surface area contributed by atoms with Gasteiger partial charge in [-0.1, -0.05) is 36.8 Å². The summed E-state index contributed by atoms with van der Waals surface area (Å²) in [6.45, 7) is 8.68. The van der Waals surface area contributed by atoms with Crippen molar-refractivity contribution in [2.45, 2.75) is 46.1 Å². The van der Waals surface area contributed by atoms with Gasteiger partial charge < -0.3 is 0 Å². The number of Topliss-reactive ketones (excluding diaryl/α,β-unsaturated/α-hetero) is 1. The molecule has 19 heavy (non-hydrogen) atoms. The van der Waals surface area contributed by atoms with Crippen LogP contribution in [0.2, 0.25) is 0 Å². The van der Waals surface area contributed by atoms with E-state index in [1.54, 1.807) is 0 Å². The maximum atomic E-state index is 12.2. The first kappa shape index (κ1) is 14.3. The average Bonchev–Trinajstić information content (AvgIpc) is 2.40. The number of benzene rings is 1. The summed E-state index contributed by atoms with van der Waals surface area (Å²) in [7, 11) is 0. The number of nitrogens with zero attached hydrogens (tertiary/aromatic N) is 1. The Bertz CT molecular complexity index is 423. The fourth-order valence-electron chi connectivity index (χ4n) is 2.82. The van der Waals surface area contributed by atoms with Crippen molar-refractivity contribution in [3.63, 3.8) is 0 Å². The first-order chi connectivity index (χ1) is 9.06. The highest BCUT2D eigenvalue weighted by atomic mass is 16.1. The van der Waals surface area contributed by atoms with Crippen LogP contribution in [0, 0.1) is 12.8 Å². The summed E-state index contributed by atoms with van der Waals surface area (Å²) in [5.74, 6) is 1.04. The number of aryl methyl sites for hydroxylation is 1. The van der Waals surface area contributed by atoms with Crippen molar-refractivity contribution in [3.05, 3.63) is 35.4 Å². The van der Waals surface area contributed by atoms with Crippen molar-refractivity contribution in [3.8, 4) is 0 Å². The largest absolute Gasteiger partial charge is 0.300 e. The van der Waals surface area contributed by atoms with Gasteiger partial charge >= 0.3 is 0 Å². The first-order valence-corrected chi connectivity index (χ1v) is 7.40. The van der Waals surface area contributed by atoms with Gasteiger partial charge in [-0.05, 0) is 32.6 Å². The highest BCUT2D eigenvalue weighted by Crippen LogP contribution is 2.21. The standard InChI is InChI=1S/C17H25NO/c1-13-5-8-16(9-6-13)17(19)10-11-18-12-14(2)4-7-15(18)3/h5-6,8-9,14-15H,4,7,10-12H2,1-3H3. The van der Waals surface area contributed by atoms with Gasteiger partial charge in [-0.15, -0.1) is 0 Å². The van der Waals surface area contributed by atoms with Crippen molar-refractivity contribution in [2.75, 3.05) is 13.1 Å². The number of hydrogen-bond donors (Lipinski definition) is 0. The molecule has 2 heteroatoms. The number of piperidine rings is 1. The van der Waals surface area contributed by atoms with Crippen molar-refractivity contribution in [2.24, 2.45) is 5.92 Å². The number of ketones is 1. The van der Waals surface area contributed by atoms with Crippen LogP contribution in [0.1, 0.15) is 49.0 Å². The predicted molar refractivity (Wildman–Crippen MR) is 79.6 cm³/mol. The number of rotatable bonds is 4. The van der Waals surface area contributed by atoms with Crippen LogP contribution in [0.5, 0.6) is 0 Å². The molecule has 0 amide bonds. The number of likely N-dealkylation sites (tertiary alicyclic amines) is 1. The Morgan fingerprint density at radius 1 is 1.21 bits per heavy atom. The predicted octanol–water partition coefficient (Wildman–Crippen LogP) is 3.69. The summed E-state index contributed by atoms with van der Waals surface area (Å²) in [5.41, 5.74) is 2.05. The quantitative estimate of drug-likeness (QED) is 0.769. The number of hydrogen-bond acceptors (Lipinski definition) is 2. The molecule has 0 radical (unpaired) electrons. The Balaban J connectivity index is 1.87. The maximum Gasteiger partial charge on any atom is 0.164 e. The SMILES string of the molecule is Cc1ccc(C(=O)CCN2CC(C)CCC2C)cc1. The van der Waals surface area contributed by atoms with Crippen molar-refractivity contribution < 1.29 is 4.79 Å². The van der Waals surface area contributed by atoms with E-state index in [4.69, 9.17) is 0 Å². The van der Waals surface area contributed by atoms with Gasteiger partial charge in [0, 0.05) is 31.1 Å². The Labute approximate surface area is 116 Å². The van der Waals surface area contributed by atoms with E-state index < -0.39 is 0 Å². The van der Waals surface area contributed by atoms with Gasteiger partial charge in [0.15, 0.2) is 5.78 Å². The van der Waals surface area contributed by atoms with Crippen LogP contribution in [-0.2, 0) is 0 Å². The average molecular weight is 259 g/mol. The van der Waals surface area contributed by atoms with Crippen LogP contribution in [0.15, 0.2) is 24.3 Å². The van der Waals surface area contributed by atoms with Gasteiger partial charge in [0.05, 0.1) is 0 Å². The lowest BCUT2D eigenvalue weighted by Crippen LogP contribution is -2.42. The van der Waals surface area contributed by atoms with Crippen molar-refractivity contribution in [1.82, 2.24) is 4.90 Å². The van der Waals surface area contributed by atoms with Crippen LogP contribution in [0.25, 0.3) is 0 Å². The lowest BCUT2D eigenvalue weighted by Gasteiger charge is -2.36. The summed E-state index contributed by atoms with van der Waals surface area (Å²) in [6.07, 6.45) is 3.23. The maximum absolute atomic E-state index is 12.2. The molecule has 104 valence electrons. The summed E-state index contributed by atoms with van der Waals surface area (Å²) in [4.78, 5) is 14.6. The molecule has 2 nitrogen and oxygen atoms in total. The molecule has 0 spiro atoms. The Morgan fingerprint density at radius 2 is 1.89 bits per heavy atom. The van der Waals surface area contributed by atoms with Gasteiger partial charge in [-0.3, -0.25) is 9.69 Å². The Kier molecular flexibility index (Phi) is 4.76. The third kappa shape index (κ3) is 3.90. The molecule has 1 aromatic carbocycles. The summed E-state index contributed by atoms with van der Waals surface area (Å²) < 4.78 is 0. The highest BCUT2D eigenvalue weighted by Gasteiger charge is 2.23. The fraction of sp³-hybridized carbons (Fsp3) is 0.588. The molecule has 0 N–H and O–H groups in total. The zero-order chi connectivity index (χ0) is 13.8. The number of carbonyl (C=O) groups excluding carboxylic acids is 1. The lowest BCUT2D eigenvalue weighted by molar-refractivity contribution is 0.0900. The van der Waals surface area contributed by atoms with E-state index >= 15 is 0 Å². The molecule has 1 saturated heterocycles. The number of carbonyl (C=O) groups is 1. The second kappa shape index (κ2) is 6.33. The third-order valence-electron chi connectivity index (χ3n) is 4.25. The molecule has 1 aromatic rings.